The molecule has 0 aliphatic carbocycles. The second-order valence-electron chi connectivity index (χ2n) is 7.28. The molecule has 0 bridgehead atoms. The number of hydrogen-bond acceptors (Lipinski definition) is 3. The highest BCUT2D eigenvalue weighted by Gasteiger charge is 2.41. The molecular weight excluding hydrogens is 272 g/mol. The number of carboxylic acid groups (broad SMARTS) is 1. The van der Waals surface area contributed by atoms with E-state index in [1.807, 2.05) is 20.8 Å². The summed E-state index contributed by atoms with van der Waals surface area (Å²) in [6.45, 7) is 8.13. The number of piperidine rings is 2. The van der Waals surface area contributed by atoms with Crippen LogP contribution in [0.1, 0.15) is 46.5 Å². The lowest BCUT2D eigenvalue weighted by Crippen LogP contribution is -2.52. The molecule has 2 saturated heterocycles. The van der Waals surface area contributed by atoms with Gasteiger partial charge in [0.1, 0.15) is 5.60 Å². The van der Waals surface area contributed by atoms with Crippen LogP contribution in [-0.4, -0.2) is 58.9 Å². The first-order chi connectivity index (χ1) is 9.71. The first kappa shape index (κ1) is 15.9. The van der Waals surface area contributed by atoms with Gasteiger partial charge >= 0.3 is 12.2 Å². The van der Waals surface area contributed by atoms with E-state index in [9.17, 15) is 9.59 Å². The summed E-state index contributed by atoms with van der Waals surface area (Å²) in [7, 11) is 0. The molecule has 2 heterocycles. The predicted molar refractivity (Wildman–Crippen MR) is 78.3 cm³/mol. The van der Waals surface area contributed by atoms with Crippen molar-refractivity contribution in [3.8, 4) is 0 Å². The van der Waals surface area contributed by atoms with Crippen molar-refractivity contribution in [3.63, 3.8) is 0 Å². The number of carbonyl (C=O) groups excluding carboxylic acids is 1. The van der Waals surface area contributed by atoms with Crippen LogP contribution in [0.4, 0.5) is 9.59 Å². The van der Waals surface area contributed by atoms with Crippen molar-refractivity contribution in [2.24, 2.45) is 5.41 Å². The number of hydrogen-bond donors (Lipinski definition) is 1. The molecule has 2 aliphatic heterocycles. The Balaban J connectivity index is 1.90. The lowest BCUT2D eigenvalue weighted by molar-refractivity contribution is -0.00453. The Labute approximate surface area is 126 Å². The van der Waals surface area contributed by atoms with Crippen LogP contribution in [-0.2, 0) is 4.74 Å². The molecule has 6 nitrogen and oxygen atoms in total. The Morgan fingerprint density at radius 1 is 1.05 bits per heavy atom. The highest BCUT2D eigenvalue weighted by Crippen LogP contribution is 2.40. The molecule has 0 aromatic carbocycles. The highest BCUT2D eigenvalue weighted by atomic mass is 16.6. The molecule has 0 unspecified atom stereocenters. The molecule has 1 N–H and O–H groups in total. The SMILES string of the molecule is CC(C)(C)OC(=O)N1CCC2(CCCN(C(=O)O)C2)CC1. The molecule has 0 aromatic rings. The van der Waals surface area contributed by atoms with Crippen LogP contribution in [0.2, 0.25) is 0 Å². The van der Waals surface area contributed by atoms with Crippen LogP contribution in [0.3, 0.4) is 0 Å². The van der Waals surface area contributed by atoms with E-state index < -0.39 is 11.7 Å². The van der Waals surface area contributed by atoms with Crippen LogP contribution in [0.5, 0.6) is 0 Å². The van der Waals surface area contributed by atoms with Gasteiger partial charge in [-0.1, -0.05) is 0 Å². The van der Waals surface area contributed by atoms with E-state index in [1.54, 1.807) is 4.90 Å². The first-order valence-corrected chi connectivity index (χ1v) is 7.67. The largest absolute Gasteiger partial charge is 0.465 e. The van der Waals surface area contributed by atoms with Crippen molar-refractivity contribution in [2.45, 2.75) is 52.1 Å². The molecule has 6 heteroatoms. The summed E-state index contributed by atoms with van der Waals surface area (Å²) < 4.78 is 5.39. The third-order valence-corrected chi connectivity index (χ3v) is 4.41. The first-order valence-electron chi connectivity index (χ1n) is 7.67. The summed E-state index contributed by atoms with van der Waals surface area (Å²) in [5.41, 5.74) is -0.424. The van der Waals surface area contributed by atoms with E-state index in [4.69, 9.17) is 9.84 Å². The minimum atomic E-state index is -0.830. The zero-order valence-electron chi connectivity index (χ0n) is 13.2. The minimum absolute atomic E-state index is 0.0507. The number of likely N-dealkylation sites (tertiary alicyclic amines) is 2. The number of nitrogens with zero attached hydrogens (tertiary/aromatic N) is 2. The van der Waals surface area contributed by atoms with Crippen molar-refractivity contribution in [3.05, 3.63) is 0 Å². The van der Waals surface area contributed by atoms with Crippen LogP contribution in [0.25, 0.3) is 0 Å². The Morgan fingerprint density at radius 3 is 2.19 bits per heavy atom. The normalized spacial score (nSPS) is 22.2. The van der Waals surface area contributed by atoms with Gasteiger partial charge in [-0.15, -0.1) is 0 Å². The highest BCUT2D eigenvalue weighted by molar-refractivity contribution is 5.68. The minimum Gasteiger partial charge on any atom is -0.465 e. The monoisotopic (exact) mass is 298 g/mol. The maximum Gasteiger partial charge on any atom is 0.410 e. The summed E-state index contributed by atoms with van der Waals surface area (Å²) in [5, 5.41) is 9.16. The van der Waals surface area contributed by atoms with Gasteiger partial charge in [-0.05, 0) is 51.9 Å². The Hall–Kier alpha value is -1.46. The molecule has 2 fully saturated rings. The van der Waals surface area contributed by atoms with Crippen molar-refractivity contribution in [1.29, 1.82) is 0 Å². The van der Waals surface area contributed by atoms with Crippen LogP contribution in [0.15, 0.2) is 0 Å². The van der Waals surface area contributed by atoms with Gasteiger partial charge in [0.15, 0.2) is 0 Å². The Kier molecular flexibility index (Phi) is 4.35. The summed E-state index contributed by atoms with van der Waals surface area (Å²) in [6, 6.07) is 0. The van der Waals surface area contributed by atoms with Crippen molar-refractivity contribution in [2.75, 3.05) is 26.2 Å². The lowest BCUT2D eigenvalue weighted by Gasteiger charge is -2.46. The second-order valence-corrected chi connectivity index (χ2v) is 7.28. The average molecular weight is 298 g/mol. The molecule has 2 aliphatic rings. The Bertz CT molecular complexity index is 408. The Morgan fingerprint density at radius 2 is 1.67 bits per heavy atom. The zero-order valence-corrected chi connectivity index (χ0v) is 13.2. The topological polar surface area (TPSA) is 70.1 Å². The number of carbonyl (C=O) groups is 2. The number of rotatable bonds is 0. The van der Waals surface area contributed by atoms with Gasteiger partial charge in [0.05, 0.1) is 0 Å². The number of ether oxygens (including phenoxy) is 1. The van der Waals surface area contributed by atoms with Crippen molar-refractivity contribution < 1.29 is 19.4 Å². The summed E-state index contributed by atoms with van der Waals surface area (Å²) in [6.07, 6.45) is 2.59. The zero-order chi connectivity index (χ0) is 15.7. The van der Waals surface area contributed by atoms with E-state index >= 15 is 0 Å². The van der Waals surface area contributed by atoms with Crippen LogP contribution < -0.4 is 0 Å². The van der Waals surface area contributed by atoms with E-state index in [1.165, 1.54) is 4.90 Å². The van der Waals surface area contributed by atoms with Gasteiger partial charge in [-0.25, -0.2) is 9.59 Å². The molecule has 0 aromatic heterocycles. The molecule has 0 saturated carbocycles. The van der Waals surface area contributed by atoms with E-state index in [2.05, 4.69) is 0 Å². The van der Waals surface area contributed by atoms with Gasteiger partial charge < -0.3 is 19.6 Å². The fourth-order valence-electron chi connectivity index (χ4n) is 3.27. The molecule has 2 rings (SSSR count). The molecule has 2 amide bonds. The van der Waals surface area contributed by atoms with Crippen LogP contribution in [0, 0.1) is 5.41 Å². The summed E-state index contributed by atoms with van der Waals surface area (Å²) in [4.78, 5) is 26.5. The molecule has 1 spiro atoms. The number of amides is 2. The van der Waals surface area contributed by atoms with E-state index in [0.717, 1.165) is 25.7 Å². The van der Waals surface area contributed by atoms with Gasteiger partial charge in [-0.2, -0.15) is 0 Å². The second kappa shape index (κ2) is 5.73. The molecule has 0 atom stereocenters. The average Bonchev–Trinajstić information content (AvgIpc) is 2.37. The molecule has 21 heavy (non-hydrogen) atoms. The van der Waals surface area contributed by atoms with Gasteiger partial charge in [-0.3, -0.25) is 0 Å². The fraction of sp³-hybridized carbons (Fsp3) is 0.867. The molecular formula is C15H26N2O4. The maximum atomic E-state index is 12.1. The summed E-state index contributed by atoms with van der Waals surface area (Å²) >= 11 is 0. The van der Waals surface area contributed by atoms with Crippen molar-refractivity contribution >= 4 is 12.2 Å². The smallest absolute Gasteiger partial charge is 0.410 e. The van der Waals surface area contributed by atoms with Gasteiger partial charge in [0, 0.05) is 26.2 Å². The summed E-state index contributed by atoms with van der Waals surface area (Å²) in [5.74, 6) is 0. The van der Waals surface area contributed by atoms with Gasteiger partial charge in [0.2, 0.25) is 0 Å². The van der Waals surface area contributed by atoms with E-state index in [-0.39, 0.29) is 11.5 Å². The van der Waals surface area contributed by atoms with Gasteiger partial charge in [0.25, 0.3) is 0 Å². The maximum absolute atomic E-state index is 12.1. The van der Waals surface area contributed by atoms with Crippen molar-refractivity contribution in [1.82, 2.24) is 9.80 Å². The fourth-order valence-corrected chi connectivity index (χ4v) is 3.27. The third kappa shape index (κ3) is 4.02. The lowest BCUT2D eigenvalue weighted by atomic mass is 9.72. The molecule has 0 radical (unpaired) electrons. The van der Waals surface area contributed by atoms with E-state index in [0.29, 0.717) is 26.2 Å². The standard InChI is InChI=1S/C15H26N2O4/c1-14(2,3)21-13(20)16-9-6-15(7-10-16)5-4-8-17(11-15)12(18)19/h4-11H2,1-3H3,(H,18,19). The molecule has 120 valence electrons. The predicted octanol–water partition coefficient (Wildman–Crippen LogP) is 2.78. The third-order valence-electron chi connectivity index (χ3n) is 4.41. The van der Waals surface area contributed by atoms with Crippen LogP contribution >= 0.6 is 0 Å². The quantitative estimate of drug-likeness (QED) is 0.746.